The van der Waals surface area contributed by atoms with Gasteiger partial charge in [0.1, 0.15) is 12.8 Å². The molecule has 1 heterocycles. The van der Waals surface area contributed by atoms with Crippen molar-refractivity contribution in [2.45, 2.75) is 6.92 Å². The van der Waals surface area contributed by atoms with E-state index in [-0.39, 0.29) is 22.4 Å². The highest BCUT2D eigenvalue weighted by Crippen LogP contribution is 2.17. The van der Waals surface area contributed by atoms with Crippen molar-refractivity contribution in [1.29, 1.82) is 0 Å². The summed E-state index contributed by atoms with van der Waals surface area (Å²) in [5.41, 5.74) is -0.151. The molecule has 0 aromatic carbocycles. The van der Waals surface area contributed by atoms with Gasteiger partial charge < -0.3 is 14.6 Å². The van der Waals surface area contributed by atoms with Crippen LogP contribution < -0.4 is 0 Å². The normalized spacial score (nSPS) is 15.9. The van der Waals surface area contributed by atoms with Gasteiger partial charge in [-0.15, -0.1) is 0 Å². The smallest absolute Gasteiger partial charge is 0.399 e. The molecular weight excluding hydrogens is 466 g/mol. The largest absolute Gasteiger partial charge is 0.447 e. The molecular formula is C16H25N7O7S2. The van der Waals surface area contributed by atoms with E-state index in [2.05, 4.69) is 20.3 Å². The third kappa shape index (κ3) is 7.92. The highest BCUT2D eigenvalue weighted by Gasteiger charge is 2.25. The van der Waals surface area contributed by atoms with Gasteiger partial charge in [0.2, 0.25) is 5.04 Å². The average molecular weight is 492 g/mol. The lowest BCUT2D eigenvalue weighted by Gasteiger charge is -2.22. The minimum atomic E-state index is -0.991. The molecule has 0 spiro atoms. The molecule has 1 rings (SSSR count). The van der Waals surface area contributed by atoms with Crippen molar-refractivity contribution < 1.29 is 33.7 Å². The highest BCUT2D eigenvalue weighted by atomic mass is 32.2. The number of carbonyl (C=O) groups is 4. The fraction of sp³-hybridized carbons (Fsp3) is 0.562. The summed E-state index contributed by atoms with van der Waals surface area (Å²) in [5, 5.41) is 10.8. The van der Waals surface area contributed by atoms with Crippen LogP contribution in [0, 0.1) is 0 Å². The Kier molecular flexibility index (Phi) is 10.8. The second kappa shape index (κ2) is 12.7. The number of nitrogens with zero attached hydrogens (tertiary/aromatic N) is 7. The Morgan fingerprint density at radius 2 is 1.66 bits per heavy atom. The van der Waals surface area contributed by atoms with E-state index in [1.807, 2.05) is 0 Å². The van der Waals surface area contributed by atoms with Gasteiger partial charge >= 0.3 is 12.2 Å². The lowest BCUT2D eigenvalue weighted by atomic mass is 10.2. The van der Waals surface area contributed by atoms with Gasteiger partial charge in [-0.05, 0) is 6.92 Å². The molecule has 1 fully saturated rings. The average Bonchev–Trinajstić information content (AvgIpc) is 2.74. The van der Waals surface area contributed by atoms with Crippen molar-refractivity contribution >= 4 is 64.4 Å². The third-order valence-corrected chi connectivity index (χ3v) is 5.25. The second-order valence-electron chi connectivity index (χ2n) is 6.26. The summed E-state index contributed by atoms with van der Waals surface area (Å²) in [5.74, 6) is -0.282. The van der Waals surface area contributed by atoms with Crippen molar-refractivity contribution in [3.8, 4) is 0 Å². The molecule has 0 unspecified atom stereocenters. The topological polar surface area (TPSA) is 146 Å². The van der Waals surface area contributed by atoms with Gasteiger partial charge in [0.15, 0.2) is 5.71 Å². The van der Waals surface area contributed by atoms with Gasteiger partial charge in [-0.3, -0.25) is 19.3 Å². The minimum absolute atomic E-state index is 0.0544. The van der Waals surface area contributed by atoms with Gasteiger partial charge in [-0.1, -0.05) is 27.2 Å². The van der Waals surface area contributed by atoms with E-state index < -0.39 is 18.1 Å². The molecule has 0 atom stereocenters. The fourth-order valence-electron chi connectivity index (χ4n) is 1.85. The van der Waals surface area contributed by atoms with E-state index >= 15 is 0 Å². The van der Waals surface area contributed by atoms with Crippen LogP contribution in [0.15, 0.2) is 15.5 Å². The van der Waals surface area contributed by atoms with Crippen molar-refractivity contribution in [3.05, 3.63) is 0 Å². The summed E-state index contributed by atoms with van der Waals surface area (Å²) in [7, 11) is 8.50. The van der Waals surface area contributed by atoms with Crippen molar-refractivity contribution in [2.75, 3.05) is 54.6 Å². The van der Waals surface area contributed by atoms with Crippen molar-refractivity contribution in [2.24, 2.45) is 15.5 Å². The predicted molar refractivity (Wildman–Crippen MR) is 120 cm³/mol. The third-order valence-electron chi connectivity index (χ3n) is 3.56. The molecule has 0 aromatic heterocycles. The zero-order valence-electron chi connectivity index (χ0n) is 18.7. The molecule has 178 valence electrons. The summed E-state index contributed by atoms with van der Waals surface area (Å²) in [6, 6.07) is 0. The molecule has 14 nitrogen and oxygen atoms in total. The van der Waals surface area contributed by atoms with Gasteiger partial charge in [-0.25, -0.2) is 18.2 Å². The number of amides is 4. The summed E-state index contributed by atoms with van der Waals surface area (Å²) in [6.07, 6.45) is -1.92. The van der Waals surface area contributed by atoms with Gasteiger partial charge in [0.25, 0.3) is 11.8 Å². The zero-order chi connectivity index (χ0) is 24.4. The Balaban J connectivity index is 2.72. The van der Waals surface area contributed by atoms with Crippen molar-refractivity contribution in [3.63, 3.8) is 0 Å². The summed E-state index contributed by atoms with van der Waals surface area (Å²) < 4.78 is 1.87. The zero-order valence-corrected chi connectivity index (χ0v) is 20.4. The maximum absolute atomic E-state index is 12.2. The number of carbonyl (C=O) groups excluding carboxylic acids is 4. The van der Waals surface area contributed by atoms with Gasteiger partial charge in [-0.2, -0.15) is 0 Å². The molecule has 1 saturated heterocycles. The number of hydrogen-bond acceptors (Lipinski definition) is 12. The van der Waals surface area contributed by atoms with Gasteiger partial charge in [0.05, 0.1) is 12.1 Å². The van der Waals surface area contributed by atoms with Crippen LogP contribution in [0.5, 0.6) is 0 Å². The van der Waals surface area contributed by atoms with E-state index in [1.54, 1.807) is 7.05 Å². The molecule has 1 aliphatic heterocycles. The first kappa shape index (κ1) is 27.0. The molecule has 0 aromatic rings. The number of hydrogen-bond donors (Lipinski definition) is 0. The van der Waals surface area contributed by atoms with Crippen LogP contribution in [0.1, 0.15) is 6.92 Å². The maximum Gasteiger partial charge on any atom is 0.447 e. The van der Waals surface area contributed by atoms with Crippen LogP contribution in [0.2, 0.25) is 0 Å². The van der Waals surface area contributed by atoms with E-state index in [9.17, 15) is 19.2 Å². The molecule has 0 saturated carbocycles. The SMILES string of the molecule is CON=C(C)C(=NOC(=O)N(C)SN(C)C(=O)ON=C1SCCN(C)C1=O)C(=O)N(C)C. The lowest BCUT2D eigenvalue weighted by molar-refractivity contribution is -0.123. The quantitative estimate of drug-likeness (QED) is 0.217. The first-order chi connectivity index (χ1) is 15.0. The van der Waals surface area contributed by atoms with E-state index in [0.717, 1.165) is 8.61 Å². The predicted octanol–water partition coefficient (Wildman–Crippen LogP) is 0.672. The Bertz CT molecular complexity index is 832. The second-order valence-corrected chi connectivity index (χ2v) is 8.60. The maximum atomic E-state index is 12.2. The Hall–Kier alpha value is -3.01. The number of oxime groups is 3. The number of rotatable bonds is 7. The first-order valence-corrected chi connectivity index (χ1v) is 10.6. The van der Waals surface area contributed by atoms with Crippen LogP contribution >= 0.6 is 23.9 Å². The molecule has 4 amide bonds. The highest BCUT2D eigenvalue weighted by molar-refractivity contribution is 8.15. The molecule has 0 bridgehead atoms. The Morgan fingerprint density at radius 1 is 1.06 bits per heavy atom. The standard InChI is InChI=1S/C16H25N7O7S2/c1-10(17-28-7)11(13(24)20(2)3)18-29-15(26)22(5)32-23(6)16(27)30-19-12-14(25)21(4)8-9-31-12/h8-9H2,1-7H3. The monoisotopic (exact) mass is 491 g/mol. The molecule has 0 aliphatic carbocycles. The minimum Gasteiger partial charge on any atom is -0.399 e. The first-order valence-electron chi connectivity index (χ1n) is 8.91. The van der Waals surface area contributed by atoms with Crippen molar-refractivity contribution in [1.82, 2.24) is 18.4 Å². The van der Waals surface area contributed by atoms with E-state index in [0.29, 0.717) is 24.4 Å². The van der Waals surface area contributed by atoms with Crippen LogP contribution in [-0.4, -0.2) is 114 Å². The molecule has 0 radical (unpaired) electrons. The van der Waals surface area contributed by atoms with Crippen LogP contribution in [0.4, 0.5) is 9.59 Å². The van der Waals surface area contributed by atoms with E-state index in [4.69, 9.17) is 9.68 Å². The molecule has 32 heavy (non-hydrogen) atoms. The van der Waals surface area contributed by atoms with Crippen LogP contribution in [-0.2, 0) is 24.1 Å². The molecule has 16 heteroatoms. The Labute approximate surface area is 193 Å². The molecule has 0 N–H and O–H groups in total. The summed E-state index contributed by atoms with van der Waals surface area (Å²) in [4.78, 5) is 65.2. The van der Waals surface area contributed by atoms with Crippen LogP contribution in [0.25, 0.3) is 0 Å². The fourth-order valence-corrected chi connectivity index (χ4v) is 3.35. The summed E-state index contributed by atoms with van der Waals surface area (Å²) in [6.45, 7) is 2.02. The van der Waals surface area contributed by atoms with Gasteiger partial charge in [0, 0.05) is 47.5 Å². The Morgan fingerprint density at radius 3 is 2.22 bits per heavy atom. The number of thioether (sulfide) groups is 1. The van der Waals surface area contributed by atoms with Crippen LogP contribution in [0.3, 0.4) is 0 Å². The van der Waals surface area contributed by atoms with E-state index in [1.165, 1.54) is 63.8 Å². The summed E-state index contributed by atoms with van der Waals surface area (Å²) >= 11 is 1.79. The lowest BCUT2D eigenvalue weighted by Crippen LogP contribution is -2.38. The molecule has 1 aliphatic rings.